The number of alkyl halides is 3. The molecule has 0 spiro atoms. The van der Waals surface area contributed by atoms with E-state index >= 15 is 0 Å². The monoisotopic (exact) mass is 252 g/mol. The minimum Gasteiger partial charge on any atom is -0.327 e. The van der Waals surface area contributed by atoms with Gasteiger partial charge >= 0.3 is 6.18 Å². The molecule has 0 bridgehead atoms. The molecular formula is C12H23F3N2. The highest BCUT2D eigenvalue weighted by Gasteiger charge is 2.42. The standard InChI is InChI=1S/C12H23F3N2/c1-9(16)11(2,3)8-17-6-4-5-10(7-17)12(13,14)15/h9-10H,4-8,16H2,1-3H3. The summed E-state index contributed by atoms with van der Waals surface area (Å²) in [5.41, 5.74) is 5.71. The number of piperidine rings is 1. The fourth-order valence-electron chi connectivity index (χ4n) is 2.19. The van der Waals surface area contributed by atoms with Gasteiger partial charge in [-0.2, -0.15) is 13.2 Å². The number of nitrogens with two attached hydrogens (primary N) is 1. The highest BCUT2D eigenvalue weighted by molar-refractivity contribution is 4.85. The maximum absolute atomic E-state index is 12.7. The number of halogens is 3. The first-order valence-electron chi connectivity index (χ1n) is 6.17. The lowest BCUT2D eigenvalue weighted by Crippen LogP contribution is -2.49. The topological polar surface area (TPSA) is 29.3 Å². The number of hydrogen-bond acceptors (Lipinski definition) is 2. The van der Waals surface area contributed by atoms with Gasteiger partial charge in [-0.05, 0) is 31.7 Å². The van der Waals surface area contributed by atoms with Gasteiger partial charge in [0.25, 0.3) is 0 Å². The van der Waals surface area contributed by atoms with Crippen LogP contribution >= 0.6 is 0 Å². The van der Waals surface area contributed by atoms with Crippen LogP contribution in [0.5, 0.6) is 0 Å². The van der Waals surface area contributed by atoms with Crippen molar-refractivity contribution in [2.75, 3.05) is 19.6 Å². The molecule has 2 nitrogen and oxygen atoms in total. The van der Waals surface area contributed by atoms with Crippen LogP contribution in [0.3, 0.4) is 0 Å². The normalized spacial score (nSPS) is 25.9. The van der Waals surface area contributed by atoms with Crippen LogP contribution in [0.25, 0.3) is 0 Å². The maximum Gasteiger partial charge on any atom is 0.393 e. The molecule has 17 heavy (non-hydrogen) atoms. The molecule has 0 aromatic rings. The molecule has 0 saturated carbocycles. The number of likely N-dealkylation sites (tertiary alicyclic amines) is 1. The van der Waals surface area contributed by atoms with Gasteiger partial charge in [-0.1, -0.05) is 13.8 Å². The summed E-state index contributed by atoms with van der Waals surface area (Å²) in [6.45, 7) is 7.44. The predicted molar refractivity (Wildman–Crippen MR) is 62.6 cm³/mol. The highest BCUT2D eigenvalue weighted by atomic mass is 19.4. The van der Waals surface area contributed by atoms with E-state index < -0.39 is 12.1 Å². The van der Waals surface area contributed by atoms with Gasteiger partial charge in [0.15, 0.2) is 0 Å². The third-order valence-corrected chi connectivity index (χ3v) is 3.83. The lowest BCUT2D eigenvalue weighted by molar-refractivity contribution is -0.187. The van der Waals surface area contributed by atoms with Crippen molar-refractivity contribution in [3.63, 3.8) is 0 Å². The Hall–Kier alpha value is -0.290. The molecule has 0 radical (unpaired) electrons. The first-order chi connectivity index (χ1) is 7.63. The molecule has 1 saturated heterocycles. The summed E-state index contributed by atoms with van der Waals surface area (Å²) >= 11 is 0. The summed E-state index contributed by atoms with van der Waals surface area (Å²) < 4.78 is 38.0. The van der Waals surface area contributed by atoms with Crippen LogP contribution in [0.1, 0.15) is 33.6 Å². The molecule has 1 fully saturated rings. The van der Waals surface area contributed by atoms with Gasteiger partial charge < -0.3 is 10.6 Å². The minimum atomic E-state index is -4.06. The average molecular weight is 252 g/mol. The summed E-state index contributed by atoms with van der Waals surface area (Å²) in [6, 6.07) is -0.0197. The lowest BCUT2D eigenvalue weighted by Gasteiger charge is -2.40. The van der Waals surface area contributed by atoms with Crippen LogP contribution in [-0.4, -0.2) is 36.8 Å². The summed E-state index contributed by atoms with van der Waals surface area (Å²) in [4.78, 5) is 1.91. The maximum atomic E-state index is 12.7. The predicted octanol–water partition coefficient (Wildman–Crippen LogP) is 2.63. The van der Waals surface area contributed by atoms with E-state index in [0.717, 1.165) is 6.54 Å². The van der Waals surface area contributed by atoms with Gasteiger partial charge in [-0.25, -0.2) is 0 Å². The number of hydrogen-bond donors (Lipinski definition) is 1. The largest absolute Gasteiger partial charge is 0.393 e. The van der Waals surface area contributed by atoms with Crippen LogP contribution in [-0.2, 0) is 0 Å². The molecule has 1 aliphatic rings. The van der Waals surface area contributed by atoms with Crippen molar-refractivity contribution in [2.45, 2.75) is 45.8 Å². The second-order valence-corrected chi connectivity index (χ2v) is 5.89. The van der Waals surface area contributed by atoms with Gasteiger partial charge in [0.05, 0.1) is 5.92 Å². The van der Waals surface area contributed by atoms with Crippen LogP contribution in [0.2, 0.25) is 0 Å². The van der Waals surface area contributed by atoms with Crippen LogP contribution in [0.15, 0.2) is 0 Å². The summed E-state index contributed by atoms with van der Waals surface area (Å²) in [7, 11) is 0. The molecule has 2 atom stereocenters. The Kier molecular flexibility index (Phi) is 4.47. The zero-order valence-electron chi connectivity index (χ0n) is 10.8. The zero-order valence-corrected chi connectivity index (χ0v) is 10.8. The molecule has 2 unspecified atom stereocenters. The Morgan fingerprint density at radius 2 is 1.94 bits per heavy atom. The molecule has 0 aromatic heterocycles. The molecule has 1 aliphatic heterocycles. The van der Waals surface area contributed by atoms with Crippen molar-refractivity contribution < 1.29 is 13.2 Å². The van der Waals surface area contributed by atoms with Gasteiger partial charge in [0.1, 0.15) is 0 Å². The molecule has 2 N–H and O–H groups in total. The smallest absolute Gasteiger partial charge is 0.327 e. The first kappa shape index (κ1) is 14.8. The Morgan fingerprint density at radius 3 is 2.41 bits per heavy atom. The third-order valence-electron chi connectivity index (χ3n) is 3.83. The Bertz CT molecular complexity index is 249. The average Bonchev–Trinajstić information content (AvgIpc) is 2.15. The van der Waals surface area contributed by atoms with Crippen LogP contribution in [0, 0.1) is 11.3 Å². The molecule has 5 heteroatoms. The summed E-state index contributed by atoms with van der Waals surface area (Å²) in [5, 5.41) is 0. The van der Waals surface area contributed by atoms with E-state index in [-0.39, 0.29) is 24.4 Å². The Labute approximate surface area is 101 Å². The quantitative estimate of drug-likeness (QED) is 0.836. The van der Waals surface area contributed by atoms with E-state index in [1.165, 1.54) is 0 Å². The minimum absolute atomic E-state index is 0.0197. The lowest BCUT2D eigenvalue weighted by atomic mass is 9.84. The number of rotatable bonds is 3. The van der Waals surface area contributed by atoms with Crippen LogP contribution < -0.4 is 5.73 Å². The summed E-state index contributed by atoms with van der Waals surface area (Å²) in [6.07, 6.45) is -3.17. The fourth-order valence-corrected chi connectivity index (χ4v) is 2.19. The highest BCUT2D eigenvalue weighted by Crippen LogP contribution is 2.34. The third kappa shape index (κ3) is 4.14. The first-order valence-corrected chi connectivity index (χ1v) is 6.17. The van der Waals surface area contributed by atoms with E-state index in [1.807, 2.05) is 25.7 Å². The van der Waals surface area contributed by atoms with Crippen molar-refractivity contribution in [2.24, 2.45) is 17.1 Å². The molecule has 1 rings (SSSR count). The van der Waals surface area contributed by atoms with Gasteiger partial charge in [-0.15, -0.1) is 0 Å². The Morgan fingerprint density at radius 1 is 1.35 bits per heavy atom. The Balaban J connectivity index is 2.56. The zero-order chi connectivity index (χ0) is 13.3. The van der Waals surface area contributed by atoms with Crippen molar-refractivity contribution in [3.8, 4) is 0 Å². The fraction of sp³-hybridized carbons (Fsp3) is 1.00. The second kappa shape index (κ2) is 5.14. The van der Waals surface area contributed by atoms with Crippen molar-refractivity contribution in [1.29, 1.82) is 0 Å². The van der Waals surface area contributed by atoms with E-state index in [0.29, 0.717) is 13.0 Å². The van der Waals surface area contributed by atoms with E-state index in [1.54, 1.807) is 0 Å². The van der Waals surface area contributed by atoms with Gasteiger partial charge in [0.2, 0.25) is 0 Å². The van der Waals surface area contributed by atoms with Gasteiger partial charge in [-0.3, -0.25) is 0 Å². The molecule has 0 amide bonds. The second-order valence-electron chi connectivity index (χ2n) is 5.89. The molecule has 0 aliphatic carbocycles. The van der Waals surface area contributed by atoms with Crippen molar-refractivity contribution >= 4 is 0 Å². The van der Waals surface area contributed by atoms with E-state index in [4.69, 9.17) is 5.73 Å². The molecule has 0 aromatic carbocycles. The van der Waals surface area contributed by atoms with E-state index in [2.05, 4.69) is 0 Å². The van der Waals surface area contributed by atoms with Crippen molar-refractivity contribution in [1.82, 2.24) is 4.90 Å². The molecule has 102 valence electrons. The molecule has 1 heterocycles. The van der Waals surface area contributed by atoms with Crippen LogP contribution in [0.4, 0.5) is 13.2 Å². The summed E-state index contributed by atoms with van der Waals surface area (Å²) in [5.74, 6) is -1.17. The molecular weight excluding hydrogens is 229 g/mol. The SMILES string of the molecule is CC(N)C(C)(C)CN1CCCC(C(F)(F)F)C1. The number of nitrogens with zero attached hydrogens (tertiary/aromatic N) is 1. The van der Waals surface area contributed by atoms with Crippen molar-refractivity contribution in [3.05, 3.63) is 0 Å². The van der Waals surface area contributed by atoms with Gasteiger partial charge in [0, 0.05) is 19.1 Å². The van der Waals surface area contributed by atoms with E-state index in [9.17, 15) is 13.2 Å².